The Bertz CT molecular complexity index is 1010. The largest absolute Gasteiger partial charge is 0.497 e. The molecule has 0 aliphatic rings. The summed E-state index contributed by atoms with van der Waals surface area (Å²) in [5.41, 5.74) is 0.831. The number of carbonyl (C=O) groups is 2. The van der Waals surface area contributed by atoms with Crippen LogP contribution in [0.3, 0.4) is 0 Å². The number of sulfonamides is 1. The fourth-order valence-corrected chi connectivity index (χ4v) is 4.48. The lowest BCUT2D eigenvalue weighted by atomic mass is 10.1. The first-order valence-corrected chi connectivity index (χ1v) is 11.8. The molecule has 32 heavy (non-hydrogen) atoms. The van der Waals surface area contributed by atoms with Crippen molar-refractivity contribution < 1.29 is 22.7 Å². The molecule has 9 heteroatoms. The molecule has 0 saturated heterocycles. The van der Waals surface area contributed by atoms with Gasteiger partial charge in [0.05, 0.1) is 12.0 Å². The first-order valence-electron chi connectivity index (χ1n) is 10.4. The molecule has 2 amide bonds. The third kappa shape index (κ3) is 6.54. The molecular weight excluding hydrogens is 430 g/mol. The number of likely N-dealkylation sites (N-methyl/N-ethyl adjacent to an activating group) is 1. The maximum absolute atomic E-state index is 13.0. The van der Waals surface area contributed by atoms with Crippen LogP contribution in [-0.4, -0.2) is 63.2 Å². The number of ether oxygens (including phenoxy) is 1. The molecular formula is C23H31N3O5S. The van der Waals surface area contributed by atoms with Crippen LogP contribution in [0.15, 0.2) is 59.5 Å². The highest BCUT2D eigenvalue weighted by Crippen LogP contribution is 2.18. The second-order valence-corrected chi connectivity index (χ2v) is 9.45. The molecule has 0 heterocycles. The van der Waals surface area contributed by atoms with Crippen molar-refractivity contribution in [2.24, 2.45) is 0 Å². The minimum absolute atomic E-state index is 0.111. The molecule has 0 saturated carbocycles. The fraction of sp³-hybridized carbons (Fsp3) is 0.391. The number of methoxy groups -OCH3 is 1. The number of nitrogens with zero attached hydrogens (tertiary/aromatic N) is 2. The maximum Gasteiger partial charge on any atom is 0.242 e. The van der Waals surface area contributed by atoms with Crippen LogP contribution in [0, 0.1) is 0 Å². The maximum atomic E-state index is 13.0. The van der Waals surface area contributed by atoms with Crippen molar-refractivity contribution in [1.29, 1.82) is 0 Å². The number of carbonyl (C=O) groups excluding carboxylic acids is 2. The Morgan fingerprint density at radius 3 is 2.41 bits per heavy atom. The van der Waals surface area contributed by atoms with Gasteiger partial charge in [-0.1, -0.05) is 30.3 Å². The van der Waals surface area contributed by atoms with E-state index in [1.54, 1.807) is 38.3 Å². The van der Waals surface area contributed by atoms with Gasteiger partial charge in [0.1, 0.15) is 11.8 Å². The van der Waals surface area contributed by atoms with Gasteiger partial charge in [-0.3, -0.25) is 9.59 Å². The summed E-state index contributed by atoms with van der Waals surface area (Å²) in [6, 6.07) is 14.8. The van der Waals surface area contributed by atoms with E-state index in [0.717, 1.165) is 5.56 Å². The summed E-state index contributed by atoms with van der Waals surface area (Å²) < 4.78 is 31.8. The molecule has 2 aromatic rings. The molecule has 1 N–H and O–H groups in total. The molecule has 0 radical (unpaired) electrons. The highest BCUT2D eigenvalue weighted by atomic mass is 32.2. The smallest absolute Gasteiger partial charge is 0.242 e. The second kappa shape index (κ2) is 11.6. The zero-order valence-corrected chi connectivity index (χ0v) is 19.8. The van der Waals surface area contributed by atoms with E-state index < -0.39 is 16.1 Å². The second-order valence-electron chi connectivity index (χ2n) is 7.41. The van der Waals surface area contributed by atoms with E-state index in [9.17, 15) is 18.0 Å². The minimum atomic E-state index is -3.62. The molecule has 174 valence electrons. The molecule has 0 fully saturated rings. The van der Waals surface area contributed by atoms with Crippen LogP contribution in [0.25, 0.3) is 0 Å². The Kier molecular flexibility index (Phi) is 9.22. The molecule has 0 unspecified atom stereocenters. The lowest BCUT2D eigenvalue weighted by Crippen LogP contribution is -2.46. The van der Waals surface area contributed by atoms with Gasteiger partial charge in [-0.25, -0.2) is 12.7 Å². The van der Waals surface area contributed by atoms with Gasteiger partial charge in [-0.05, 0) is 43.2 Å². The van der Waals surface area contributed by atoms with Crippen molar-refractivity contribution in [3.63, 3.8) is 0 Å². The van der Waals surface area contributed by atoms with Gasteiger partial charge in [0.25, 0.3) is 0 Å². The lowest BCUT2D eigenvalue weighted by molar-refractivity contribution is -0.140. The molecule has 0 aliphatic heterocycles. The van der Waals surface area contributed by atoms with E-state index in [2.05, 4.69) is 5.32 Å². The van der Waals surface area contributed by atoms with Gasteiger partial charge in [0, 0.05) is 33.6 Å². The molecule has 2 rings (SSSR count). The summed E-state index contributed by atoms with van der Waals surface area (Å²) >= 11 is 0. The van der Waals surface area contributed by atoms with Gasteiger partial charge in [-0.2, -0.15) is 0 Å². The van der Waals surface area contributed by atoms with Crippen molar-refractivity contribution in [2.75, 3.05) is 27.7 Å². The zero-order valence-electron chi connectivity index (χ0n) is 18.9. The monoisotopic (exact) mass is 461 g/mol. The first kappa shape index (κ1) is 25.4. The van der Waals surface area contributed by atoms with E-state index in [1.165, 1.54) is 35.4 Å². The van der Waals surface area contributed by atoms with Gasteiger partial charge < -0.3 is 15.0 Å². The average Bonchev–Trinajstić information content (AvgIpc) is 2.81. The van der Waals surface area contributed by atoms with Crippen LogP contribution in [0.5, 0.6) is 5.75 Å². The van der Waals surface area contributed by atoms with Crippen LogP contribution in [0.4, 0.5) is 0 Å². The number of benzene rings is 2. The van der Waals surface area contributed by atoms with Crippen molar-refractivity contribution in [2.45, 2.75) is 37.2 Å². The molecule has 0 aliphatic carbocycles. The topological polar surface area (TPSA) is 96.0 Å². The number of hydrogen-bond acceptors (Lipinski definition) is 5. The van der Waals surface area contributed by atoms with Crippen molar-refractivity contribution in [3.8, 4) is 5.75 Å². The summed E-state index contributed by atoms with van der Waals surface area (Å²) in [5, 5.41) is 2.58. The predicted molar refractivity (Wildman–Crippen MR) is 123 cm³/mol. The highest BCUT2D eigenvalue weighted by molar-refractivity contribution is 7.89. The summed E-state index contributed by atoms with van der Waals surface area (Å²) in [7, 11) is 0.966. The first-order chi connectivity index (χ1) is 15.2. The van der Waals surface area contributed by atoms with Gasteiger partial charge in [-0.15, -0.1) is 0 Å². The predicted octanol–water partition coefficient (Wildman–Crippen LogP) is 2.26. The normalized spacial score (nSPS) is 12.3. The highest BCUT2D eigenvalue weighted by Gasteiger charge is 2.26. The van der Waals surface area contributed by atoms with E-state index >= 15 is 0 Å². The van der Waals surface area contributed by atoms with E-state index in [4.69, 9.17) is 4.74 Å². The van der Waals surface area contributed by atoms with E-state index in [1.807, 2.05) is 18.2 Å². The Morgan fingerprint density at radius 1 is 1.09 bits per heavy atom. The fourth-order valence-electron chi connectivity index (χ4n) is 3.25. The van der Waals surface area contributed by atoms with Gasteiger partial charge in [0.15, 0.2) is 0 Å². The Hall–Kier alpha value is -2.91. The molecule has 8 nitrogen and oxygen atoms in total. The summed E-state index contributed by atoms with van der Waals surface area (Å²) in [4.78, 5) is 26.9. The Balaban J connectivity index is 2.06. The molecule has 2 aromatic carbocycles. The Morgan fingerprint density at radius 2 is 1.78 bits per heavy atom. The van der Waals surface area contributed by atoms with Crippen LogP contribution in [0.1, 0.15) is 25.3 Å². The van der Waals surface area contributed by atoms with Gasteiger partial charge in [0.2, 0.25) is 21.8 Å². The number of rotatable bonds is 11. The lowest BCUT2D eigenvalue weighted by Gasteiger charge is -2.29. The van der Waals surface area contributed by atoms with Crippen LogP contribution < -0.4 is 10.1 Å². The SMILES string of the molecule is CNC(=O)[C@@H](C)N(Cc1cccc(OC)c1)C(=O)CCCN(C)S(=O)(=O)c1ccccc1. The van der Waals surface area contributed by atoms with Crippen LogP contribution in [0.2, 0.25) is 0 Å². The van der Waals surface area contributed by atoms with Crippen molar-refractivity contribution in [1.82, 2.24) is 14.5 Å². The molecule has 1 atom stereocenters. The van der Waals surface area contributed by atoms with Crippen molar-refractivity contribution in [3.05, 3.63) is 60.2 Å². The number of hydrogen-bond donors (Lipinski definition) is 1. The van der Waals surface area contributed by atoms with Crippen LogP contribution >= 0.6 is 0 Å². The zero-order chi connectivity index (χ0) is 23.7. The standard InChI is InChI=1S/C23H31N3O5S/c1-18(23(28)24-2)26(17-19-10-8-11-20(16-19)31-4)22(27)14-9-15-25(3)32(29,30)21-12-6-5-7-13-21/h5-8,10-13,16,18H,9,14-15,17H2,1-4H3,(H,24,28)/t18-/m1/s1. The molecule has 0 bridgehead atoms. The third-order valence-corrected chi connectivity index (χ3v) is 7.09. The quantitative estimate of drug-likeness (QED) is 0.554. The van der Waals surface area contributed by atoms with E-state index in [-0.39, 0.29) is 36.2 Å². The Labute approximate surface area is 190 Å². The van der Waals surface area contributed by atoms with E-state index in [0.29, 0.717) is 12.2 Å². The minimum Gasteiger partial charge on any atom is -0.497 e. The van der Waals surface area contributed by atoms with Gasteiger partial charge >= 0.3 is 0 Å². The molecule has 0 aromatic heterocycles. The number of nitrogens with one attached hydrogen (secondary N) is 1. The third-order valence-electron chi connectivity index (χ3n) is 5.22. The average molecular weight is 462 g/mol. The summed E-state index contributed by atoms with van der Waals surface area (Å²) in [5.74, 6) is 0.162. The van der Waals surface area contributed by atoms with Crippen LogP contribution in [-0.2, 0) is 26.2 Å². The summed E-state index contributed by atoms with van der Waals surface area (Å²) in [6.45, 7) is 2.09. The summed E-state index contributed by atoms with van der Waals surface area (Å²) in [6.07, 6.45) is 0.441. The van der Waals surface area contributed by atoms with Crippen molar-refractivity contribution >= 4 is 21.8 Å². The molecule has 0 spiro atoms. The number of amides is 2.